The number of anilines is 1. The minimum atomic E-state index is 0.548. The lowest BCUT2D eigenvalue weighted by Crippen LogP contribution is -2.35. The summed E-state index contributed by atoms with van der Waals surface area (Å²) in [6.07, 6.45) is 4.21. The Hall–Kier alpha value is -1.81. The molecule has 0 amide bonds. The molecular formula is C14H18N4. The SMILES string of the molecule is c1ccc(-c2[nH]ncc2NC2CCNCC2)cc1. The summed E-state index contributed by atoms with van der Waals surface area (Å²) in [5, 5.41) is 14.2. The summed E-state index contributed by atoms with van der Waals surface area (Å²) in [7, 11) is 0. The van der Waals surface area contributed by atoms with Gasteiger partial charge in [-0.15, -0.1) is 0 Å². The van der Waals surface area contributed by atoms with Crippen molar-refractivity contribution in [1.82, 2.24) is 15.5 Å². The summed E-state index contributed by atoms with van der Waals surface area (Å²) in [4.78, 5) is 0. The van der Waals surface area contributed by atoms with Crippen molar-refractivity contribution in [2.45, 2.75) is 18.9 Å². The lowest BCUT2D eigenvalue weighted by atomic mass is 10.1. The van der Waals surface area contributed by atoms with E-state index in [-0.39, 0.29) is 0 Å². The topological polar surface area (TPSA) is 52.7 Å². The Balaban J connectivity index is 1.79. The normalized spacial score (nSPS) is 16.7. The maximum atomic E-state index is 4.16. The average Bonchev–Trinajstić information content (AvgIpc) is 2.89. The van der Waals surface area contributed by atoms with E-state index in [4.69, 9.17) is 0 Å². The molecule has 1 aromatic heterocycles. The number of hydrogen-bond donors (Lipinski definition) is 3. The van der Waals surface area contributed by atoms with Crippen LogP contribution in [-0.4, -0.2) is 29.3 Å². The molecule has 94 valence electrons. The van der Waals surface area contributed by atoms with Gasteiger partial charge in [0.25, 0.3) is 0 Å². The van der Waals surface area contributed by atoms with Gasteiger partial charge in [-0.3, -0.25) is 5.10 Å². The van der Waals surface area contributed by atoms with E-state index >= 15 is 0 Å². The quantitative estimate of drug-likeness (QED) is 0.773. The first-order valence-corrected chi connectivity index (χ1v) is 6.49. The van der Waals surface area contributed by atoms with Gasteiger partial charge in [0.1, 0.15) is 0 Å². The highest BCUT2D eigenvalue weighted by Gasteiger charge is 2.15. The predicted molar refractivity (Wildman–Crippen MR) is 73.5 cm³/mol. The van der Waals surface area contributed by atoms with Crippen LogP contribution in [0.1, 0.15) is 12.8 Å². The molecular weight excluding hydrogens is 224 g/mol. The Morgan fingerprint density at radius 3 is 2.67 bits per heavy atom. The Labute approximate surface area is 107 Å². The number of aromatic amines is 1. The van der Waals surface area contributed by atoms with Crippen molar-refractivity contribution in [2.24, 2.45) is 0 Å². The number of aromatic nitrogens is 2. The molecule has 4 nitrogen and oxygen atoms in total. The third-order valence-corrected chi connectivity index (χ3v) is 3.40. The first-order chi connectivity index (χ1) is 8.93. The molecule has 2 heterocycles. The molecule has 3 rings (SSSR count). The lowest BCUT2D eigenvalue weighted by molar-refractivity contribution is 0.479. The smallest absolute Gasteiger partial charge is 0.0882 e. The fraction of sp³-hybridized carbons (Fsp3) is 0.357. The highest BCUT2D eigenvalue weighted by Crippen LogP contribution is 2.26. The zero-order chi connectivity index (χ0) is 12.2. The third-order valence-electron chi connectivity index (χ3n) is 3.40. The molecule has 1 fully saturated rings. The van der Waals surface area contributed by atoms with Crippen LogP contribution in [0.4, 0.5) is 5.69 Å². The second-order valence-corrected chi connectivity index (χ2v) is 4.69. The lowest BCUT2D eigenvalue weighted by Gasteiger charge is -2.24. The highest BCUT2D eigenvalue weighted by molar-refractivity contribution is 5.73. The van der Waals surface area contributed by atoms with E-state index in [1.54, 1.807) is 0 Å². The van der Waals surface area contributed by atoms with Gasteiger partial charge in [0.2, 0.25) is 0 Å². The Morgan fingerprint density at radius 1 is 1.11 bits per heavy atom. The van der Waals surface area contributed by atoms with Crippen LogP contribution in [0, 0.1) is 0 Å². The number of nitrogens with one attached hydrogen (secondary N) is 3. The van der Waals surface area contributed by atoms with Gasteiger partial charge in [-0.25, -0.2) is 0 Å². The first-order valence-electron chi connectivity index (χ1n) is 6.49. The fourth-order valence-corrected chi connectivity index (χ4v) is 2.41. The predicted octanol–water partition coefficient (Wildman–Crippen LogP) is 2.24. The molecule has 18 heavy (non-hydrogen) atoms. The Morgan fingerprint density at radius 2 is 1.89 bits per heavy atom. The van der Waals surface area contributed by atoms with Crippen LogP contribution in [-0.2, 0) is 0 Å². The van der Waals surface area contributed by atoms with Crippen LogP contribution in [0.3, 0.4) is 0 Å². The zero-order valence-electron chi connectivity index (χ0n) is 10.3. The number of rotatable bonds is 3. The van der Waals surface area contributed by atoms with Gasteiger partial charge in [0, 0.05) is 11.6 Å². The molecule has 1 aliphatic rings. The van der Waals surface area contributed by atoms with Gasteiger partial charge in [-0.05, 0) is 25.9 Å². The van der Waals surface area contributed by atoms with Crippen LogP contribution in [0.2, 0.25) is 0 Å². The van der Waals surface area contributed by atoms with Gasteiger partial charge >= 0.3 is 0 Å². The van der Waals surface area contributed by atoms with E-state index in [0.717, 1.165) is 24.5 Å². The minimum Gasteiger partial charge on any atom is -0.379 e. The molecule has 0 aliphatic carbocycles. The second-order valence-electron chi connectivity index (χ2n) is 4.69. The van der Waals surface area contributed by atoms with Crippen molar-refractivity contribution in [3.8, 4) is 11.3 Å². The standard InChI is InChI=1S/C14H18N4/c1-2-4-11(5-3-1)14-13(10-16-18-14)17-12-6-8-15-9-7-12/h1-5,10,12,15,17H,6-9H2,(H,16,18). The van der Waals surface area contributed by atoms with Gasteiger partial charge in [0.15, 0.2) is 0 Å². The summed E-state index contributed by atoms with van der Waals surface area (Å²) in [6, 6.07) is 10.9. The molecule has 1 saturated heterocycles. The maximum absolute atomic E-state index is 4.16. The number of piperidine rings is 1. The monoisotopic (exact) mass is 242 g/mol. The number of benzene rings is 1. The molecule has 0 radical (unpaired) electrons. The largest absolute Gasteiger partial charge is 0.379 e. The summed E-state index contributed by atoms with van der Waals surface area (Å²) >= 11 is 0. The van der Waals surface area contributed by atoms with Gasteiger partial charge in [-0.2, -0.15) is 5.10 Å². The van der Waals surface area contributed by atoms with E-state index in [2.05, 4.69) is 33.0 Å². The molecule has 4 heteroatoms. The maximum Gasteiger partial charge on any atom is 0.0882 e. The molecule has 0 unspecified atom stereocenters. The Kier molecular flexibility index (Phi) is 3.28. The number of hydrogen-bond acceptors (Lipinski definition) is 3. The number of H-pyrrole nitrogens is 1. The summed E-state index contributed by atoms with van der Waals surface area (Å²) in [5.41, 5.74) is 3.36. The molecule has 1 aromatic carbocycles. The van der Waals surface area contributed by atoms with E-state index in [1.807, 2.05) is 24.4 Å². The van der Waals surface area contributed by atoms with Crippen molar-refractivity contribution in [1.29, 1.82) is 0 Å². The minimum absolute atomic E-state index is 0.548. The molecule has 3 N–H and O–H groups in total. The van der Waals surface area contributed by atoms with E-state index in [9.17, 15) is 0 Å². The fourth-order valence-electron chi connectivity index (χ4n) is 2.41. The zero-order valence-corrected chi connectivity index (χ0v) is 10.3. The van der Waals surface area contributed by atoms with Crippen molar-refractivity contribution in [3.63, 3.8) is 0 Å². The molecule has 0 atom stereocenters. The van der Waals surface area contributed by atoms with Crippen LogP contribution < -0.4 is 10.6 Å². The van der Waals surface area contributed by atoms with Crippen LogP contribution in [0.25, 0.3) is 11.3 Å². The second kappa shape index (κ2) is 5.23. The van der Waals surface area contributed by atoms with Gasteiger partial charge in [-0.1, -0.05) is 30.3 Å². The molecule has 2 aromatic rings. The van der Waals surface area contributed by atoms with Crippen LogP contribution >= 0.6 is 0 Å². The molecule has 0 spiro atoms. The van der Waals surface area contributed by atoms with Crippen molar-refractivity contribution in [3.05, 3.63) is 36.5 Å². The average molecular weight is 242 g/mol. The molecule has 0 bridgehead atoms. The van der Waals surface area contributed by atoms with E-state index in [0.29, 0.717) is 6.04 Å². The van der Waals surface area contributed by atoms with E-state index in [1.165, 1.54) is 18.4 Å². The summed E-state index contributed by atoms with van der Waals surface area (Å²) in [6.45, 7) is 2.19. The highest BCUT2D eigenvalue weighted by atomic mass is 15.1. The molecule has 0 saturated carbocycles. The van der Waals surface area contributed by atoms with Crippen LogP contribution in [0.5, 0.6) is 0 Å². The van der Waals surface area contributed by atoms with Gasteiger partial charge < -0.3 is 10.6 Å². The summed E-state index contributed by atoms with van der Waals surface area (Å²) in [5.74, 6) is 0. The molecule has 1 aliphatic heterocycles. The third kappa shape index (κ3) is 2.38. The Bertz CT molecular complexity index is 486. The van der Waals surface area contributed by atoms with Crippen molar-refractivity contribution >= 4 is 5.69 Å². The van der Waals surface area contributed by atoms with E-state index < -0.39 is 0 Å². The number of nitrogens with zero attached hydrogens (tertiary/aromatic N) is 1. The van der Waals surface area contributed by atoms with Crippen molar-refractivity contribution in [2.75, 3.05) is 18.4 Å². The van der Waals surface area contributed by atoms with Crippen LogP contribution in [0.15, 0.2) is 36.5 Å². The van der Waals surface area contributed by atoms with Crippen molar-refractivity contribution < 1.29 is 0 Å². The first kappa shape index (κ1) is 11.3. The summed E-state index contributed by atoms with van der Waals surface area (Å²) < 4.78 is 0. The van der Waals surface area contributed by atoms with Gasteiger partial charge in [0.05, 0.1) is 17.6 Å².